The number of hydrogen-bond donors (Lipinski definition) is 2. The predicted octanol–water partition coefficient (Wildman–Crippen LogP) is 6.04. The van der Waals surface area contributed by atoms with E-state index in [9.17, 15) is 0 Å². The molecule has 1 heterocycles. The molecule has 0 saturated heterocycles. The largest absolute Gasteiger partial charge is 0.357 e. The van der Waals surface area contributed by atoms with Crippen LogP contribution in [-0.2, 0) is 12.8 Å². The summed E-state index contributed by atoms with van der Waals surface area (Å²) >= 11 is 0. The number of aryl methyl sites for hydroxylation is 1. The zero-order valence-corrected chi connectivity index (χ0v) is 16.1. The summed E-state index contributed by atoms with van der Waals surface area (Å²) in [5, 5.41) is 5.21. The van der Waals surface area contributed by atoms with Crippen molar-refractivity contribution in [3.8, 4) is 11.1 Å². The van der Waals surface area contributed by atoms with Crippen LogP contribution in [0.5, 0.6) is 0 Å². The van der Waals surface area contributed by atoms with Crippen LogP contribution in [0.15, 0.2) is 78.9 Å². The van der Waals surface area contributed by atoms with Crippen molar-refractivity contribution < 1.29 is 0 Å². The van der Waals surface area contributed by atoms with Gasteiger partial charge in [0, 0.05) is 22.6 Å². The second kappa shape index (κ2) is 7.65. The summed E-state index contributed by atoms with van der Waals surface area (Å²) in [6.45, 7) is 1.00. The van der Waals surface area contributed by atoms with Gasteiger partial charge in [0.25, 0.3) is 0 Å². The Morgan fingerprint density at radius 3 is 2.43 bits per heavy atom. The molecule has 140 valence electrons. The molecule has 4 aromatic rings. The molecular weight excluding hydrogens is 340 g/mol. The minimum Gasteiger partial charge on any atom is -0.357 e. The van der Waals surface area contributed by atoms with Gasteiger partial charge in [0.15, 0.2) is 0 Å². The summed E-state index contributed by atoms with van der Waals surface area (Å²) < 4.78 is 0. The number of para-hydroxylation sites is 1. The molecule has 2 N–H and O–H groups in total. The Labute approximate surface area is 166 Å². The first-order valence-electron chi connectivity index (χ1n) is 10.4. The Morgan fingerprint density at radius 2 is 1.57 bits per heavy atom. The maximum atomic E-state index is 3.80. The van der Waals surface area contributed by atoms with Gasteiger partial charge in [0.2, 0.25) is 0 Å². The first-order chi connectivity index (χ1) is 13.9. The van der Waals surface area contributed by atoms with Crippen LogP contribution in [0.4, 0.5) is 0 Å². The van der Waals surface area contributed by atoms with Gasteiger partial charge in [-0.3, -0.25) is 0 Å². The summed E-state index contributed by atoms with van der Waals surface area (Å²) in [6.07, 6.45) is 4.73. The highest BCUT2D eigenvalue weighted by Gasteiger charge is 2.23. The topological polar surface area (TPSA) is 27.8 Å². The molecule has 0 fully saturated rings. The molecule has 1 aliphatic carbocycles. The SMILES string of the molecule is c1ccc(-c2ccc(CCNC3CCCc4c3[nH]c3ccccc43)cc2)cc1. The molecular formula is C26H26N2. The monoisotopic (exact) mass is 366 g/mol. The van der Waals surface area contributed by atoms with E-state index >= 15 is 0 Å². The fourth-order valence-electron chi connectivity index (χ4n) is 4.50. The average Bonchev–Trinajstić information content (AvgIpc) is 3.15. The van der Waals surface area contributed by atoms with E-state index in [0.29, 0.717) is 6.04 Å². The lowest BCUT2D eigenvalue weighted by Crippen LogP contribution is -2.27. The molecule has 1 aromatic heterocycles. The Balaban J connectivity index is 1.24. The lowest BCUT2D eigenvalue weighted by molar-refractivity contribution is 0.456. The van der Waals surface area contributed by atoms with Crippen molar-refractivity contribution in [3.63, 3.8) is 0 Å². The van der Waals surface area contributed by atoms with E-state index in [0.717, 1.165) is 13.0 Å². The molecule has 1 aliphatic rings. The molecule has 0 spiro atoms. The third kappa shape index (κ3) is 3.36. The number of rotatable bonds is 5. The second-order valence-corrected chi connectivity index (χ2v) is 7.77. The first-order valence-corrected chi connectivity index (χ1v) is 10.4. The quantitative estimate of drug-likeness (QED) is 0.442. The predicted molar refractivity (Wildman–Crippen MR) is 118 cm³/mol. The van der Waals surface area contributed by atoms with Gasteiger partial charge in [-0.1, -0.05) is 72.8 Å². The van der Waals surface area contributed by atoms with Gasteiger partial charge in [-0.2, -0.15) is 0 Å². The highest BCUT2D eigenvalue weighted by atomic mass is 14.9. The van der Waals surface area contributed by atoms with Gasteiger partial charge < -0.3 is 10.3 Å². The molecule has 2 heteroatoms. The van der Waals surface area contributed by atoms with Gasteiger partial charge in [-0.25, -0.2) is 0 Å². The molecule has 5 rings (SSSR count). The van der Waals surface area contributed by atoms with Crippen molar-refractivity contribution in [2.45, 2.75) is 31.7 Å². The summed E-state index contributed by atoms with van der Waals surface area (Å²) in [7, 11) is 0. The van der Waals surface area contributed by atoms with E-state index in [2.05, 4.69) is 89.2 Å². The van der Waals surface area contributed by atoms with Crippen molar-refractivity contribution in [1.82, 2.24) is 10.3 Å². The van der Waals surface area contributed by atoms with Crippen molar-refractivity contribution in [2.75, 3.05) is 6.54 Å². The van der Waals surface area contributed by atoms with E-state index in [1.807, 2.05) is 0 Å². The molecule has 0 saturated carbocycles. The van der Waals surface area contributed by atoms with Gasteiger partial charge in [-0.15, -0.1) is 0 Å². The third-order valence-electron chi connectivity index (χ3n) is 5.98. The molecule has 0 aliphatic heterocycles. The molecule has 2 nitrogen and oxygen atoms in total. The van der Waals surface area contributed by atoms with Crippen LogP contribution in [0.1, 0.15) is 35.7 Å². The fraction of sp³-hybridized carbons (Fsp3) is 0.231. The van der Waals surface area contributed by atoms with Crippen LogP contribution in [0.25, 0.3) is 22.0 Å². The number of benzene rings is 3. The van der Waals surface area contributed by atoms with Gasteiger partial charge >= 0.3 is 0 Å². The number of fused-ring (bicyclic) bond motifs is 3. The van der Waals surface area contributed by atoms with Crippen LogP contribution >= 0.6 is 0 Å². The lowest BCUT2D eigenvalue weighted by atomic mass is 9.91. The molecule has 1 unspecified atom stereocenters. The molecule has 3 aromatic carbocycles. The summed E-state index contributed by atoms with van der Waals surface area (Å²) in [6, 6.07) is 28.7. The van der Waals surface area contributed by atoms with E-state index in [-0.39, 0.29) is 0 Å². The average molecular weight is 367 g/mol. The molecule has 28 heavy (non-hydrogen) atoms. The second-order valence-electron chi connectivity index (χ2n) is 7.77. The van der Waals surface area contributed by atoms with Gasteiger partial charge in [0.1, 0.15) is 0 Å². The molecule has 0 bridgehead atoms. The van der Waals surface area contributed by atoms with Crippen molar-refractivity contribution in [1.29, 1.82) is 0 Å². The smallest absolute Gasteiger partial charge is 0.0476 e. The highest BCUT2D eigenvalue weighted by Crippen LogP contribution is 2.34. The van der Waals surface area contributed by atoms with E-state index in [1.165, 1.54) is 58.1 Å². The number of aromatic amines is 1. The highest BCUT2D eigenvalue weighted by molar-refractivity contribution is 5.85. The fourth-order valence-corrected chi connectivity index (χ4v) is 4.50. The normalized spacial score (nSPS) is 16.2. The Morgan fingerprint density at radius 1 is 0.821 bits per heavy atom. The number of nitrogens with one attached hydrogen (secondary N) is 2. The molecule has 0 amide bonds. The van der Waals surface area contributed by atoms with Crippen LogP contribution in [-0.4, -0.2) is 11.5 Å². The van der Waals surface area contributed by atoms with E-state index < -0.39 is 0 Å². The Kier molecular flexibility index (Phi) is 4.72. The number of aromatic nitrogens is 1. The maximum absolute atomic E-state index is 3.80. The zero-order chi connectivity index (χ0) is 18.8. The minimum atomic E-state index is 0.444. The summed E-state index contributed by atoms with van der Waals surface area (Å²) in [5.74, 6) is 0. The van der Waals surface area contributed by atoms with Crippen LogP contribution in [0.2, 0.25) is 0 Å². The van der Waals surface area contributed by atoms with Crippen LogP contribution < -0.4 is 5.32 Å². The van der Waals surface area contributed by atoms with Crippen molar-refractivity contribution in [2.24, 2.45) is 0 Å². The summed E-state index contributed by atoms with van der Waals surface area (Å²) in [4.78, 5) is 3.68. The van der Waals surface area contributed by atoms with Gasteiger partial charge in [-0.05, 0) is 60.5 Å². The number of hydrogen-bond acceptors (Lipinski definition) is 1. The standard InChI is InChI=1S/C26H26N2/c1-2-7-20(8-3-1)21-15-13-19(14-16-21)17-18-27-25-12-6-10-23-22-9-4-5-11-24(22)28-26(23)25/h1-5,7-9,11,13-16,25,27-28H,6,10,12,17-18H2. The maximum Gasteiger partial charge on any atom is 0.0476 e. The minimum absolute atomic E-state index is 0.444. The van der Waals surface area contributed by atoms with Gasteiger partial charge in [0.05, 0.1) is 0 Å². The Bertz CT molecular complexity index is 1060. The van der Waals surface area contributed by atoms with E-state index in [4.69, 9.17) is 0 Å². The zero-order valence-electron chi connectivity index (χ0n) is 16.1. The molecule has 1 atom stereocenters. The van der Waals surface area contributed by atoms with Crippen molar-refractivity contribution in [3.05, 3.63) is 95.7 Å². The van der Waals surface area contributed by atoms with E-state index in [1.54, 1.807) is 0 Å². The number of H-pyrrole nitrogens is 1. The van der Waals surface area contributed by atoms with Crippen molar-refractivity contribution >= 4 is 10.9 Å². The lowest BCUT2D eigenvalue weighted by Gasteiger charge is -2.24. The Hall–Kier alpha value is -2.84. The van der Waals surface area contributed by atoms with Crippen LogP contribution in [0, 0.1) is 0 Å². The van der Waals surface area contributed by atoms with Crippen LogP contribution in [0.3, 0.4) is 0 Å². The third-order valence-corrected chi connectivity index (χ3v) is 5.98. The summed E-state index contributed by atoms with van der Waals surface area (Å²) in [5.41, 5.74) is 8.16. The first kappa shape index (κ1) is 17.3. The molecule has 0 radical (unpaired) electrons.